The molecule has 0 amide bonds. The van der Waals surface area contributed by atoms with Gasteiger partial charge in [0, 0.05) is 11.6 Å². The van der Waals surface area contributed by atoms with Gasteiger partial charge in [-0.1, -0.05) is 12.1 Å². The zero-order valence-corrected chi connectivity index (χ0v) is 12.9. The molecule has 2 aromatic carbocycles. The van der Waals surface area contributed by atoms with Crippen LogP contribution in [0.15, 0.2) is 52.9 Å². The highest BCUT2D eigenvalue weighted by Gasteiger charge is 2.10. The smallest absolute Gasteiger partial charge is 0.254 e. The summed E-state index contributed by atoms with van der Waals surface area (Å²) in [6.45, 7) is 0.185. The van der Waals surface area contributed by atoms with E-state index in [0.717, 1.165) is 17.1 Å². The van der Waals surface area contributed by atoms with Gasteiger partial charge in [-0.2, -0.15) is 0 Å². The minimum atomic E-state index is 0.185. The Morgan fingerprint density at radius 2 is 1.57 bits per heavy atom. The second-order valence-electron chi connectivity index (χ2n) is 4.70. The molecule has 0 saturated heterocycles. The molecular formula is C17H16N2O4. The Hall–Kier alpha value is -3.02. The van der Waals surface area contributed by atoms with Crippen molar-refractivity contribution in [2.24, 2.45) is 0 Å². The van der Waals surface area contributed by atoms with Gasteiger partial charge in [0.05, 0.1) is 14.2 Å². The summed E-state index contributed by atoms with van der Waals surface area (Å²) < 4.78 is 21.6. The second-order valence-corrected chi connectivity index (χ2v) is 4.70. The summed E-state index contributed by atoms with van der Waals surface area (Å²) in [5.41, 5.74) is 0.796. The molecule has 0 bridgehead atoms. The molecule has 118 valence electrons. The molecule has 0 unspecified atom stereocenters. The first-order valence-electron chi connectivity index (χ1n) is 7.02. The maximum absolute atomic E-state index is 5.63. The van der Waals surface area contributed by atoms with Gasteiger partial charge >= 0.3 is 0 Å². The van der Waals surface area contributed by atoms with Crippen molar-refractivity contribution in [3.63, 3.8) is 0 Å². The highest BCUT2D eigenvalue weighted by Crippen LogP contribution is 2.23. The van der Waals surface area contributed by atoms with Gasteiger partial charge in [-0.15, -0.1) is 10.2 Å². The molecule has 0 aliphatic heterocycles. The first kappa shape index (κ1) is 14.9. The molecule has 1 aromatic heterocycles. The summed E-state index contributed by atoms with van der Waals surface area (Å²) in [5, 5.41) is 8.02. The predicted molar refractivity (Wildman–Crippen MR) is 83.6 cm³/mol. The van der Waals surface area contributed by atoms with Crippen LogP contribution in [0.1, 0.15) is 5.89 Å². The summed E-state index contributed by atoms with van der Waals surface area (Å²) in [6.07, 6.45) is 0. The first-order valence-corrected chi connectivity index (χ1v) is 7.02. The lowest BCUT2D eigenvalue weighted by atomic mass is 10.2. The number of methoxy groups -OCH3 is 2. The van der Waals surface area contributed by atoms with Crippen LogP contribution in [0.5, 0.6) is 17.2 Å². The van der Waals surface area contributed by atoms with Gasteiger partial charge in [0.15, 0.2) is 6.61 Å². The molecule has 0 N–H and O–H groups in total. The fourth-order valence-electron chi connectivity index (χ4n) is 2.02. The van der Waals surface area contributed by atoms with Crippen molar-refractivity contribution in [3.05, 3.63) is 54.4 Å². The summed E-state index contributed by atoms with van der Waals surface area (Å²) in [4.78, 5) is 0. The lowest BCUT2D eigenvalue weighted by Crippen LogP contribution is -1.96. The SMILES string of the molecule is COc1cccc(OCc2nnc(-c3cccc(OC)c3)o2)c1. The topological polar surface area (TPSA) is 66.6 Å². The van der Waals surface area contributed by atoms with E-state index in [-0.39, 0.29) is 6.61 Å². The number of hydrogen-bond acceptors (Lipinski definition) is 6. The summed E-state index contributed by atoms with van der Waals surface area (Å²) in [5.74, 6) is 2.95. The van der Waals surface area contributed by atoms with Crippen LogP contribution in [0, 0.1) is 0 Å². The Labute approximate surface area is 133 Å². The molecule has 0 spiro atoms. The van der Waals surface area contributed by atoms with Gasteiger partial charge in [-0.05, 0) is 30.3 Å². The van der Waals surface area contributed by atoms with Gasteiger partial charge in [-0.25, -0.2) is 0 Å². The predicted octanol–water partition coefficient (Wildman–Crippen LogP) is 3.33. The van der Waals surface area contributed by atoms with E-state index in [1.165, 1.54) is 0 Å². The van der Waals surface area contributed by atoms with Crippen LogP contribution in [0.25, 0.3) is 11.5 Å². The minimum absolute atomic E-state index is 0.185. The molecule has 6 heteroatoms. The molecule has 0 fully saturated rings. The average Bonchev–Trinajstić information content (AvgIpc) is 3.09. The fraction of sp³-hybridized carbons (Fsp3) is 0.176. The minimum Gasteiger partial charge on any atom is -0.497 e. The number of rotatable bonds is 6. The monoisotopic (exact) mass is 312 g/mol. The van der Waals surface area contributed by atoms with E-state index in [4.69, 9.17) is 18.6 Å². The third kappa shape index (κ3) is 3.60. The second kappa shape index (κ2) is 6.83. The van der Waals surface area contributed by atoms with Crippen molar-refractivity contribution in [3.8, 4) is 28.7 Å². The molecule has 0 aliphatic rings. The number of nitrogens with zero attached hydrogens (tertiary/aromatic N) is 2. The highest BCUT2D eigenvalue weighted by atomic mass is 16.5. The molecule has 6 nitrogen and oxygen atoms in total. The van der Waals surface area contributed by atoms with Gasteiger partial charge in [0.2, 0.25) is 5.89 Å². The van der Waals surface area contributed by atoms with Gasteiger partial charge in [-0.3, -0.25) is 0 Å². The van der Waals surface area contributed by atoms with E-state index < -0.39 is 0 Å². The molecule has 1 heterocycles. The van der Waals surface area contributed by atoms with E-state index >= 15 is 0 Å². The van der Waals surface area contributed by atoms with Crippen LogP contribution >= 0.6 is 0 Å². The summed E-state index contributed by atoms with van der Waals surface area (Å²) in [7, 11) is 3.22. The Balaban J connectivity index is 1.69. The Kier molecular flexibility index (Phi) is 4.42. The Morgan fingerprint density at radius 3 is 2.35 bits per heavy atom. The summed E-state index contributed by atoms with van der Waals surface area (Å²) >= 11 is 0. The molecule has 0 saturated carbocycles. The van der Waals surface area contributed by atoms with Gasteiger partial charge < -0.3 is 18.6 Å². The van der Waals surface area contributed by atoms with Crippen molar-refractivity contribution in [2.45, 2.75) is 6.61 Å². The normalized spacial score (nSPS) is 10.3. The molecule has 0 atom stereocenters. The van der Waals surface area contributed by atoms with Gasteiger partial charge in [0.25, 0.3) is 5.89 Å². The average molecular weight is 312 g/mol. The van der Waals surface area contributed by atoms with Crippen LogP contribution in [-0.4, -0.2) is 24.4 Å². The van der Waals surface area contributed by atoms with E-state index in [0.29, 0.717) is 17.5 Å². The molecule has 0 aliphatic carbocycles. The lowest BCUT2D eigenvalue weighted by Gasteiger charge is -2.05. The lowest BCUT2D eigenvalue weighted by molar-refractivity contribution is 0.263. The van der Waals surface area contributed by atoms with E-state index in [1.54, 1.807) is 20.3 Å². The largest absolute Gasteiger partial charge is 0.497 e. The van der Waals surface area contributed by atoms with E-state index in [1.807, 2.05) is 42.5 Å². The maximum atomic E-state index is 5.63. The quantitative estimate of drug-likeness (QED) is 0.695. The molecule has 3 rings (SSSR count). The van der Waals surface area contributed by atoms with Crippen LogP contribution in [0.2, 0.25) is 0 Å². The molecular weight excluding hydrogens is 296 g/mol. The van der Waals surface area contributed by atoms with Crippen molar-refractivity contribution in [1.82, 2.24) is 10.2 Å². The number of aromatic nitrogens is 2. The third-order valence-corrected chi connectivity index (χ3v) is 3.19. The number of benzene rings is 2. The van der Waals surface area contributed by atoms with E-state index in [9.17, 15) is 0 Å². The highest BCUT2D eigenvalue weighted by molar-refractivity contribution is 5.55. The number of ether oxygens (including phenoxy) is 3. The maximum Gasteiger partial charge on any atom is 0.254 e. The zero-order valence-electron chi connectivity index (χ0n) is 12.9. The summed E-state index contributed by atoms with van der Waals surface area (Å²) in [6, 6.07) is 14.8. The Bertz CT molecular complexity index is 786. The standard InChI is InChI=1S/C17H16N2O4/c1-20-13-6-3-5-12(9-13)17-19-18-16(23-17)11-22-15-8-4-7-14(10-15)21-2/h3-10H,11H2,1-2H3. The van der Waals surface area contributed by atoms with Gasteiger partial charge in [0.1, 0.15) is 17.2 Å². The molecule has 0 radical (unpaired) electrons. The molecule has 3 aromatic rings. The van der Waals surface area contributed by atoms with Crippen LogP contribution in [0.3, 0.4) is 0 Å². The number of hydrogen-bond donors (Lipinski definition) is 0. The Morgan fingerprint density at radius 1 is 0.870 bits per heavy atom. The fourth-order valence-corrected chi connectivity index (χ4v) is 2.02. The zero-order chi connectivity index (χ0) is 16.1. The first-order chi connectivity index (χ1) is 11.3. The van der Waals surface area contributed by atoms with Crippen molar-refractivity contribution < 1.29 is 18.6 Å². The van der Waals surface area contributed by atoms with Crippen molar-refractivity contribution in [2.75, 3.05) is 14.2 Å². The van der Waals surface area contributed by atoms with Crippen LogP contribution < -0.4 is 14.2 Å². The molecule has 23 heavy (non-hydrogen) atoms. The van der Waals surface area contributed by atoms with Crippen LogP contribution in [0.4, 0.5) is 0 Å². The van der Waals surface area contributed by atoms with Crippen molar-refractivity contribution >= 4 is 0 Å². The van der Waals surface area contributed by atoms with Crippen molar-refractivity contribution in [1.29, 1.82) is 0 Å². The van der Waals surface area contributed by atoms with E-state index in [2.05, 4.69) is 10.2 Å². The third-order valence-electron chi connectivity index (χ3n) is 3.19. The van der Waals surface area contributed by atoms with Crippen LogP contribution in [-0.2, 0) is 6.61 Å².